The minimum Gasteiger partial charge on any atom is -0.507 e. The molecule has 2 aromatic carbocycles. The minimum absolute atomic E-state index is 0.117. The summed E-state index contributed by atoms with van der Waals surface area (Å²) in [6, 6.07) is 11.7. The van der Waals surface area contributed by atoms with Gasteiger partial charge in [-0.25, -0.2) is 5.43 Å². The molecule has 9 nitrogen and oxygen atoms in total. The molecule has 1 amide bonds. The summed E-state index contributed by atoms with van der Waals surface area (Å²) in [4.78, 5) is 16.4. The Morgan fingerprint density at radius 2 is 1.76 bits per heavy atom. The molecule has 0 aromatic heterocycles. The predicted octanol–water partition coefficient (Wildman–Crippen LogP) is 1.86. The quantitative estimate of drug-likeness (QED) is 0.288. The van der Waals surface area contributed by atoms with Crippen molar-refractivity contribution >= 4 is 22.2 Å². The van der Waals surface area contributed by atoms with E-state index in [0.717, 1.165) is 50.1 Å². The summed E-state index contributed by atoms with van der Waals surface area (Å²) < 4.78 is 31.3. The zero-order valence-corrected chi connectivity index (χ0v) is 19.5. The number of piperazine rings is 1. The number of carbonyl (C=O) groups excluding carboxylic acids is 1. The molecule has 0 radical (unpaired) electrons. The number of hydrazone groups is 1. The van der Waals surface area contributed by atoms with Gasteiger partial charge in [0.25, 0.3) is 16.0 Å². The van der Waals surface area contributed by atoms with Gasteiger partial charge in [0.1, 0.15) is 5.75 Å². The van der Waals surface area contributed by atoms with E-state index in [1.165, 1.54) is 18.3 Å². The number of nitrogens with zero attached hydrogens (tertiary/aromatic N) is 3. The van der Waals surface area contributed by atoms with E-state index >= 15 is 0 Å². The topological polar surface area (TPSA) is 123 Å². The second kappa shape index (κ2) is 11.4. The monoisotopic (exact) mass is 474 g/mol. The maximum Gasteiger partial charge on any atom is 0.294 e. The van der Waals surface area contributed by atoms with Gasteiger partial charge in [-0.3, -0.25) is 19.1 Å². The molecule has 178 valence electrons. The standard InChI is InChI=1S/C23H30N4O5S/c1-2-4-19-5-3-6-20(23(19)29)15-24-25-22(28)17-27-13-11-26(12-14-27)16-18-7-9-21(10-8-18)33(30,31)32/h3,5-10,15,29H,2,4,11-14,16-17H2,1H3,(H,25,28)(H,30,31,32). The van der Waals surface area contributed by atoms with E-state index in [1.54, 1.807) is 18.2 Å². The van der Waals surface area contributed by atoms with E-state index in [4.69, 9.17) is 4.55 Å². The first-order valence-electron chi connectivity index (χ1n) is 10.9. The van der Waals surface area contributed by atoms with E-state index in [0.29, 0.717) is 12.1 Å². The Bertz CT molecular complexity index is 1080. The number of amides is 1. The van der Waals surface area contributed by atoms with Crippen LogP contribution in [-0.2, 0) is 27.9 Å². The van der Waals surface area contributed by atoms with Crippen molar-refractivity contribution in [2.75, 3.05) is 32.7 Å². The first-order chi connectivity index (χ1) is 15.8. The van der Waals surface area contributed by atoms with Crippen molar-refractivity contribution < 1.29 is 22.9 Å². The predicted molar refractivity (Wildman–Crippen MR) is 126 cm³/mol. The smallest absolute Gasteiger partial charge is 0.294 e. The third kappa shape index (κ3) is 7.36. The highest BCUT2D eigenvalue weighted by Gasteiger charge is 2.19. The van der Waals surface area contributed by atoms with Crippen LogP contribution in [0.3, 0.4) is 0 Å². The highest BCUT2D eigenvalue weighted by molar-refractivity contribution is 7.85. The summed E-state index contributed by atoms with van der Waals surface area (Å²) in [5.74, 6) is -0.0224. The molecule has 10 heteroatoms. The molecule has 0 saturated carbocycles. The number of aryl methyl sites for hydroxylation is 1. The van der Waals surface area contributed by atoms with Gasteiger partial charge in [0.05, 0.1) is 17.7 Å². The summed E-state index contributed by atoms with van der Waals surface area (Å²) in [5.41, 5.74) is 4.90. The summed E-state index contributed by atoms with van der Waals surface area (Å²) in [7, 11) is -4.18. The molecule has 3 N–H and O–H groups in total. The fraction of sp³-hybridized carbons (Fsp3) is 0.391. The van der Waals surface area contributed by atoms with Crippen LogP contribution >= 0.6 is 0 Å². The van der Waals surface area contributed by atoms with E-state index in [-0.39, 0.29) is 23.1 Å². The second-order valence-corrected chi connectivity index (χ2v) is 9.49. The molecule has 0 atom stereocenters. The highest BCUT2D eigenvalue weighted by atomic mass is 32.2. The number of benzene rings is 2. The van der Waals surface area contributed by atoms with Crippen LogP contribution in [0, 0.1) is 0 Å². The van der Waals surface area contributed by atoms with Crippen molar-refractivity contribution in [2.45, 2.75) is 31.2 Å². The van der Waals surface area contributed by atoms with Crippen molar-refractivity contribution in [1.82, 2.24) is 15.2 Å². The van der Waals surface area contributed by atoms with Gasteiger partial charge in [-0.2, -0.15) is 13.5 Å². The Balaban J connectivity index is 1.42. The van der Waals surface area contributed by atoms with Crippen molar-refractivity contribution in [3.05, 3.63) is 59.2 Å². The number of aromatic hydroxyl groups is 1. The number of para-hydroxylation sites is 1. The molecule has 0 spiro atoms. The van der Waals surface area contributed by atoms with Crippen molar-refractivity contribution in [1.29, 1.82) is 0 Å². The molecule has 1 fully saturated rings. The van der Waals surface area contributed by atoms with E-state index in [2.05, 4.69) is 15.4 Å². The minimum atomic E-state index is -4.18. The highest BCUT2D eigenvalue weighted by Crippen LogP contribution is 2.22. The zero-order chi connectivity index (χ0) is 23.8. The Morgan fingerprint density at radius 1 is 1.09 bits per heavy atom. The second-order valence-electron chi connectivity index (χ2n) is 8.07. The number of carbonyl (C=O) groups is 1. The Kier molecular flexibility index (Phi) is 8.56. The molecule has 1 saturated heterocycles. The van der Waals surface area contributed by atoms with Crippen LogP contribution in [0.5, 0.6) is 5.75 Å². The van der Waals surface area contributed by atoms with Crippen LogP contribution in [0.1, 0.15) is 30.0 Å². The lowest BCUT2D eigenvalue weighted by Gasteiger charge is -2.34. The Morgan fingerprint density at radius 3 is 2.39 bits per heavy atom. The SMILES string of the molecule is CCCc1cccc(C=NNC(=O)CN2CCN(Cc3ccc(S(=O)(=O)O)cc3)CC2)c1O. The fourth-order valence-electron chi connectivity index (χ4n) is 3.73. The third-order valence-electron chi connectivity index (χ3n) is 5.52. The van der Waals surface area contributed by atoms with Gasteiger partial charge in [0.2, 0.25) is 0 Å². The molecule has 33 heavy (non-hydrogen) atoms. The molecule has 1 aliphatic rings. The largest absolute Gasteiger partial charge is 0.507 e. The van der Waals surface area contributed by atoms with Crippen molar-refractivity contribution in [2.24, 2.45) is 5.10 Å². The average molecular weight is 475 g/mol. The van der Waals surface area contributed by atoms with Crippen LogP contribution in [0.15, 0.2) is 52.5 Å². The van der Waals surface area contributed by atoms with Crippen molar-refractivity contribution in [3.63, 3.8) is 0 Å². The van der Waals surface area contributed by atoms with Gasteiger partial charge < -0.3 is 5.11 Å². The van der Waals surface area contributed by atoms with E-state index in [9.17, 15) is 18.3 Å². The molecule has 0 bridgehead atoms. The van der Waals surface area contributed by atoms with Crippen LogP contribution < -0.4 is 5.43 Å². The van der Waals surface area contributed by atoms with E-state index < -0.39 is 10.1 Å². The summed E-state index contributed by atoms with van der Waals surface area (Å²) in [6.45, 7) is 5.93. The number of hydrogen-bond acceptors (Lipinski definition) is 7. The number of phenolic OH excluding ortho intramolecular Hbond substituents is 1. The molecule has 1 heterocycles. The first-order valence-corrected chi connectivity index (χ1v) is 12.3. The van der Waals surface area contributed by atoms with Crippen molar-refractivity contribution in [3.8, 4) is 5.75 Å². The Labute approximate surface area is 194 Å². The summed E-state index contributed by atoms with van der Waals surface area (Å²) in [5, 5.41) is 14.3. The van der Waals surface area contributed by atoms with E-state index in [1.807, 2.05) is 24.0 Å². The van der Waals surface area contributed by atoms with Gasteiger partial charge in [-0.05, 0) is 35.7 Å². The normalized spacial score (nSPS) is 15.7. The molecule has 0 aliphatic carbocycles. The molecule has 1 aliphatic heterocycles. The fourth-order valence-corrected chi connectivity index (χ4v) is 4.21. The third-order valence-corrected chi connectivity index (χ3v) is 6.39. The number of rotatable bonds is 9. The maximum absolute atomic E-state index is 12.2. The van der Waals surface area contributed by atoms with Gasteiger partial charge in [-0.1, -0.05) is 37.6 Å². The lowest BCUT2D eigenvalue weighted by atomic mass is 10.1. The van der Waals surface area contributed by atoms with Crippen LogP contribution in [-0.4, -0.2) is 72.7 Å². The van der Waals surface area contributed by atoms with Gasteiger partial charge in [0, 0.05) is 38.3 Å². The molecule has 0 unspecified atom stereocenters. The lowest BCUT2D eigenvalue weighted by Crippen LogP contribution is -2.48. The summed E-state index contributed by atoms with van der Waals surface area (Å²) in [6.07, 6.45) is 3.16. The number of hydrogen-bond donors (Lipinski definition) is 3. The number of phenols is 1. The molecular weight excluding hydrogens is 444 g/mol. The lowest BCUT2D eigenvalue weighted by molar-refractivity contribution is -0.122. The molecular formula is C23H30N4O5S. The first kappa shape index (κ1) is 24.8. The number of nitrogens with one attached hydrogen (secondary N) is 1. The van der Waals surface area contributed by atoms with Crippen LogP contribution in [0.2, 0.25) is 0 Å². The van der Waals surface area contributed by atoms with Gasteiger partial charge >= 0.3 is 0 Å². The zero-order valence-electron chi connectivity index (χ0n) is 18.6. The summed E-state index contributed by atoms with van der Waals surface area (Å²) >= 11 is 0. The van der Waals surface area contributed by atoms with Gasteiger partial charge in [-0.15, -0.1) is 0 Å². The Hall–Kier alpha value is -2.79. The molecule has 2 aromatic rings. The average Bonchev–Trinajstić information content (AvgIpc) is 2.77. The maximum atomic E-state index is 12.2. The van der Waals surface area contributed by atoms with Crippen LogP contribution in [0.25, 0.3) is 0 Å². The van der Waals surface area contributed by atoms with Crippen LogP contribution in [0.4, 0.5) is 0 Å². The molecule has 3 rings (SSSR count). The van der Waals surface area contributed by atoms with Gasteiger partial charge in [0.15, 0.2) is 0 Å².